The van der Waals surface area contributed by atoms with E-state index in [0.717, 1.165) is 28.0 Å². The van der Waals surface area contributed by atoms with Crippen molar-refractivity contribution in [3.05, 3.63) is 103 Å². The summed E-state index contributed by atoms with van der Waals surface area (Å²) < 4.78 is 5.47. The minimum Gasteiger partial charge on any atom is -0.464 e. The minimum atomic E-state index is -0.577. The molecule has 0 spiro atoms. The maximum atomic E-state index is 13.6. The molecular weight excluding hydrogens is 500 g/mol. The van der Waals surface area contributed by atoms with Crippen LogP contribution >= 0.6 is 0 Å². The van der Waals surface area contributed by atoms with Gasteiger partial charge in [-0.1, -0.05) is 68.4 Å². The van der Waals surface area contributed by atoms with E-state index in [1.165, 1.54) is 5.56 Å². The zero-order valence-electron chi connectivity index (χ0n) is 23.3. The number of furan rings is 1. The first-order chi connectivity index (χ1) is 19.4. The fourth-order valence-electron chi connectivity index (χ4n) is 5.42. The van der Waals surface area contributed by atoms with Crippen LogP contribution in [0.3, 0.4) is 0 Å². The largest absolute Gasteiger partial charge is 0.464 e. The average Bonchev–Trinajstić information content (AvgIpc) is 3.51. The van der Waals surface area contributed by atoms with Crippen LogP contribution in [0.4, 0.5) is 0 Å². The van der Waals surface area contributed by atoms with Gasteiger partial charge in [-0.25, -0.2) is 0 Å². The molecule has 1 aliphatic rings. The smallest absolute Gasteiger partial charge is 0.244 e. The summed E-state index contributed by atoms with van der Waals surface area (Å²) in [7, 11) is 0. The molecule has 2 atom stereocenters. The number of piperazine rings is 1. The Hall–Kier alpha value is -4.23. The summed E-state index contributed by atoms with van der Waals surface area (Å²) in [6.07, 6.45) is 5.30. The normalized spacial score (nSPS) is 17.6. The first kappa shape index (κ1) is 27.3. The van der Waals surface area contributed by atoms with Crippen LogP contribution in [0.15, 0.2) is 95.9 Å². The van der Waals surface area contributed by atoms with Gasteiger partial charge in [0.1, 0.15) is 11.8 Å². The average molecular weight is 537 g/mol. The molecule has 7 nitrogen and oxygen atoms in total. The van der Waals surface area contributed by atoms with Gasteiger partial charge in [0.2, 0.25) is 11.8 Å². The fourth-order valence-corrected chi connectivity index (χ4v) is 5.42. The third-order valence-corrected chi connectivity index (χ3v) is 7.43. The Kier molecular flexibility index (Phi) is 8.41. The van der Waals surface area contributed by atoms with Gasteiger partial charge < -0.3 is 14.6 Å². The lowest BCUT2D eigenvalue weighted by atomic mass is 9.98. The van der Waals surface area contributed by atoms with Crippen LogP contribution in [-0.4, -0.2) is 51.8 Å². The summed E-state index contributed by atoms with van der Waals surface area (Å²) in [6.45, 7) is 8.04. The lowest BCUT2D eigenvalue weighted by Gasteiger charge is -2.45. The van der Waals surface area contributed by atoms with E-state index in [2.05, 4.69) is 33.4 Å². The number of hydrogen-bond donors (Lipinski definition) is 1. The Bertz CT molecular complexity index is 1420. The number of rotatable bonds is 8. The highest BCUT2D eigenvalue weighted by Gasteiger charge is 2.40. The number of aromatic nitrogens is 1. The number of carbonyl (C=O) groups excluding carboxylic acids is 2. The Morgan fingerprint density at radius 2 is 1.77 bits per heavy atom. The molecule has 0 bridgehead atoms. The second-order valence-corrected chi connectivity index (χ2v) is 10.7. The van der Waals surface area contributed by atoms with E-state index in [9.17, 15) is 9.59 Å². The van der Waals surface area contributed by atoms with Gasteiger partial charge in [0.05, 0.1) is 6.26 Å². The Labute approximate surface area is 235 Å². The summed E-state index contributed by atoms with van der Waals surface area (Å²) in [5, 5.41) is 3.10. The third-order valence-electron chi connectivity index (χ3n) is 7.43. The van der Waals surface area contributed by atoms with Gasteiger partial charge in [-0.3, -0.25) is 19.5 Å². The van der Waals surface area contributed by atoms with Crippen molar-refractivity contribution in [3.63, 3.8) is 0 Å². The lowest BCUT2D eigenvalue weighted by Crippen LogP contribution is -2.64. The van der Waals surface area contributed by atoms with Crippen molar-refractivity contribution in [1.82, 2.24) is 20.1 Å². The van der Waals surface area contributed by atoms with Crippen molar-refractivity contribution in [1.29, 1.82) is 0 Å². The highest BCUT2D eigenvalue weighted by molar-refractivity contribution is 5.89. The number of nitrogens with one attached hydrogen (secondary N) is 1. The van der Waals surface area contributed by atoms with E-state index in [4.69, 9.17) is 4.42 Å². The highest BCUT2D eigenvalue weighted by atomic mass is 16.3. The van der Waals surface area contributed by atoms with Gasteiger partial charge in [0.25, 0.3) is 0 Å². The molecular formula is C33H36N4O3. The summed E-state index contributed by atoms with van der Waals surface area (Å²) in [5.74, 6) is 0.483. The van der Waals surface area contributed by atoms with Crippen molar-refractivity contribution >= 4 is 11.8 Å². The third kappa shape index (κ3) is 6.15. The van der Waals surface area contributed by atoms with Crippen molar-refractivity contribution in [2.45, 2.75) is 45.9 Å². The maximum Gasteiger partial charge on any atom is 0.244 e. The standard InChI is InChI=1S/C33H36N4O3/c1-23(2)33(39)37-24(3)20-36(21-28-8-4-5-10-29(28)27-9-6-16-34-19-27)22-30(37)32(38)35-18-25-12-14-26(15-13-25)31-11-7-17-40-31/h4-17,19,23-24,30H,18,20-22H2,1-3H3,(H,35,38). The molecule has 2 aromatic heterocycles. The van der Waals surface area contributed by atoms with Crippen molar-refractivity contribution in [2.75, 3.05) is 13.1 Å². The fraction of sp³-hybridized carbons (Fsp3) is 0.303. The lowest BCUT2D eigenvalue weighted by molar-refractivity contribution is -0.150. The van der Waals surface area contributed by atoms with Crippen LogP contribution < -0.4 is 5.32 Å². The first-order valence-corrected chi connectivity index (χ1v) is 13.8. The summed E-state index contributed by atoms with van der Waals surface area (Å²) in [5.41, 5.74) is 5.32. The first-order valence-electron chi connectivity index (χ1n) is 13.8. The highest BCUT2D eigenvalue weighted by Crippen LogP contribution is 2.27. The van der Waals surface area contributed by atoms with E-state index < -0.39 is 6.04 Å². The van der Waals surface area contributed by atoms with E-state index >= 15 is 0 Å². The molecule has 206 valence electrons. The van der Waals surface area contributed by atoms with Crippen molar-refractivity contribution in [3.8, 4) is 22.5 Å². The second kappa shape index (κ2) is 12.3. The Balaban J connectivity index is 1.32. The van der Waals surface area contributed by atoms with Gasteiger partial charge in [0.15, 0.2) is 0 Å². The van der Waals surface area contributed by atoms with Crippen LogP contribution in [0.1, 0.15) is 31.9 Å². The molecule has 0 radical (unpaired) electrons. The number of pyridine rings is 1. The maximum absolute atomic E-state index is 13.6. The molecule has 40 heavy (non-hydrogen) atoms. The molecule has 2 amide bonds. The zero-order valence-corrected chi connectivity index (χ0v) is 23.3. The Morgan fingerprint density at radius 1 is 0.975 bits per heavy atom. The molecule has 2 aromatic carbocycles. The quantitative estimate of drug-likeness (QED) is 0.327. The monoisotopic (exact) mass is 536 g/mol. The van der Waals surface area contributed by atoms with E-state index in [1.807, 2.05) is 81.6 Å². The molecule has 1 aliphatic heterocycles. The van der Waals surface area contributed by atoms with Gasteiger partial charge in [-0.2, -0.15) is 0 Å². The number of benzene rings is 2. The minimum absolute atomic E-state index is 0.00543. The van der Waals surface area contributed by atoms with Crippen LogP contribution in [0.5, 0.6) is 0 Å². The molecule has 1 saturated heterocycles. The molecule has 4 aromatic rings. The topological polar surface area (TPSA) is 78.7 Å². The van der Waals surface area contributed by atoms with Crippen molar-refractivity contribution < 1.29 is 14.0 Å². The van der Waals surface area contributed by atoms with Gasteiger partial charge >= 0.3 is 0 Å². The number of nitrogens with zero attached hydrogens (tertiary/aromatic N) is 3. The van der Waals surface area contributed by atoms with E-state index in [1.54, 1.807) is 17.4 Å². The molecule has 0 aliphatic carbocycles. The molecule has 1 N–H and O–H groups in total. The Morgan fingerprint density at radius 3 is 2.48 bits per heavy atom. The van der Waals surface area contributed by atoms with Gasteiger partial charge in [0, 0.05) is 61.7 Å². The summed E-state index contributed by atoms with van der Waals surface area (Å²) >= 11 is 0. The summed E-state index contributed by atoms with van der Waals surface area (Å²) in [4.78, 5) is 35.3. The molecule has 1 fully saturated rings. The van der Waals surface area contributed by atoms with Crippen LogP contribution in [-0.2, 0) is 22.7 Å². The van der Waals surface area contributed by atoms with Crippen molar-refractivity contribution in [2.24, 2.45) is 5.92 Å². The van der Waals surface area contributed by atoms with E-state index in [0.29, 0.717) is 26.2 Å². The predicted molar refractivity (Wildman–Crippen MR) is 156 cm³/mol. The zero-order chi connectivity index (χ0) is 28.1. The molecule has 7 heteroatoms. The molecule has 3 heterocycles. The SMILES string of the molecule is CC(C)C(=O)N1C(C)CN(Cc2ccccc2-c2cccnc2)CC1C(=O)NCc1ccc(-c2ccco2)cc1. The predicted octanol–water partition coefficient (Wildman–Crippen LogP) is 5.38. The van der Waals surface area contributed by atoms with Crippen LogP contribution in [0, 0.1) is 5.92 Å². The number of carbonyl (C=O) groups is 2. The van der Waals surface area contributed by atoms with Crippen LogP contribution in [0.2, 0.25) is 0 Å². The van der Waals surface area contributed by atoms with E-state index in [-0.39, 0.29) is 23.8 Å². The number of amides is 2. The molecule has 5 rings (SSSR count). The van der Waals surface area contributed by atoms with Crippen LogP contribution in [0.25, 0.3) is 22.5 Å². The number of hydrogen-bond acceptors (Lipinski definition) is 5. The van der Waals surface area contributed by atoms with Gasteiger partial charge in [-0.15, -0.1) is 0 Å². The van der Waals surface area contributed by atoms with Gasteiger partial charge in [-0.05, 0) is 41.8 Å². The molecule has 2 unspecified atom stereocenters. The molecule has 0 saturated carbocycles. The summed E-state index contributed by atoms with van der Waals surface area (Å²) in [6, 6.07) is 23.4. The second-order valence-electron chi connectivity index (χ2n) is 10.7.